The fourth-order valence-corrected chi connectivity index (χ4v) is 10.6. The molecule has 0 amide bonds. The van der Waals surface area contributed by atoms with Crippen molar-refractivity contribution in [2.45, 2.75) is 177 Å². The molecule has 0 saturated carbocycles. The van der Waals surface area contributed by atoms with E-state index in [0.717, 1.165) is 16.7 Å². The van der Waals surface area contributed by atoms with Gasteiger partial charge in [-0.15, -0.1) is 0 Å². The van der Waals surface area contributed by atoms with E-state index >= 15 is 0 Å². The topological polar surface area (TPSA) is 194 Å². The standard InChI is InChI=1S/C53H71BrN2O13/c1-31(16-17-38(61-6)12-10-18-54)21-44(58)47-26-42(62-7)27-53(60,69-47)28-49-55-36(29-63-49)22-33(3)51-35(5)52-34(4)45(67-51)13-9-14-48-56-43(30-64-48)46-24-37(57)23-41(66-46)25-40-20-32(2)19-39(65-40)11-8-15-50(59)68-52/h8-10,14-18,21-22,29-30,34-35,37-42,44-47,51-52,57-58,60H,2,11-13,19-20,23-28H2,1,3-7H3/b14-9+,15-8-,17-16+,18-10+,31-21+,33-22+/t34-,35-,37-,38+,39-,40+,41-,42+,44+,45+,46+,47+,51-,52-,53-/m0/s1. The Bertz CT molecular complexity index is 2210. The van der Waals surface area contributed by atoms with E-state index in [9.17, 15) is 20.1 Å². The molecule has 3 N–H and O–H groups in total. The maximum atomic E-state index is 13.6. The average molecular weight is 1020 g/mol. The first-order chi connectivity index (χ1) is 33.1. The first-order valence-electron chi connectivity index (χ1n) is 24.3. The highest BCUT2D eigenvalue weighted by Crippen LogP contribution is 2.40. The van der Waals surface area contributed by atoms with Crippen LogP contribution in [0.15, 0.2) is 92.2 Å². The molecule has 16 heteroatoms. The van der Waals surface area contributed by atoms with Gasteiger partial charge in [0.25, 0.3) is 0 Å². The molecule has 5 aliphatic rings. The quantitative estimate of drug-likeness (QED) is 0.104. The van der Waals surface area contributed by atoms with Crippen molar-refractivity contribution in [1.82, 2.24) is 9.97 Å². The van der Waals surface area contributed by atoms with Gasteiger partial charge in [0.2, 0.25) is 5.89 Å². The van der Waals surface area contributed by atoms with Crippen molar-refractivity contribution < 1.29 is 62.1 Å². The van der Waals surface area contributed by atoms with Gasteiger partial charge in [-0.3, -0.25) is 0 Å². The number of carbonyl (C=O) groups excluding carboxylic acids is 1. The van der Waals surface area contributed by atoms with Gasteiger partial charge in [-0.2, -0.15) is 0 Å². The number of carbonyl (C=O) groups is 1. The number of hydrogen-bond acceptors (Lipinski definition) is 15. The van der Waals surface area contributed by atoms with Crippen molar-refractivity contribution in [2.75, 3.05) is 14.2 Å². The van der Waals surface area contributed by atoms with Crippen LogP contribution in [0.1, 0.15) is 121 Å². The first-order valence-corrected chi connectivity index (χ1v) is 25.2. The van der Waals surface area contributed by atoms with Crippen LogP contribution >= 0.6 is 15.9 Å². The summed E-state index contributed by atoms with van der Waals surface area (Å²) < 4.78 is 55.2. The molecule has 4 saturated heterocycles. The maximum absolute atomic E-state index is 13.6. The zero-order valence-electron chi connectivity index (χ0n) is 40.7. The van der Waals surface area contributed by atoms with E-state index in [1.165, 1.54) is 12.3 Å². The molecule has 0 aromatic carbocycles. The predicted molar refractivity (Wildman–Crippen MR) is 261 cm³/mol. The van der Waals surface area contributed by atoms with Gasteiger partial charge in [0.1, 0.15) is 36.1 Å². The van der Waals surface area contributed by atoms with Crippen LogP contribution < -0.4 is 0 Å². The summed E-state index contributed by atoms with van der Waals surface area (Å²) in [5.41, 5.74) is 3.86. The number of fused-ring (bicyclic) bond motifs is 9. The Labute approximate surface area is 414 Å². The molecule has 5 aliphatic heterocycles. The van der Waals surface area contributed by atoms with E-state index in [4.69, 9.17) is 52.0 Å². The van der Waals surface area contributed by atoms with Gasteiger partial charge >= 0.3 is 5.97 Å². The minimum Gasteiger partial charge on any atom is -0.458 e. The largest absolute Gasteiger partial charge is 0.458 e. The highest BCUT2D eigenvalue weighted by atomic mass is 79.9. The molecule has 15 nitrogen and oxygen atoms in total. The van der Waals surface area contributed by atoms with Gasteiger partial charge in [0.15, 0.2) is 11.7 Å². The van der Waals surface area contributed by atoms with Gasteiger partial charge in [0.05, 0.1) is 67.5 Å². The monoisotopic (exact) mass is 1020 g/mol. The number of nitrogens with zero attached hydrogens (tertiary/aromatic N) is 2. The van der Waals surface area contributed by atoms with E-state index in [0.29, 0.717) is 75.1 Å². The number of esters is 1. The first kappa shape index (κ1) is 53.0. The number of hydrogen-bond donors (Lipinski definition) is 3. The fourth-order valence-electron chi connectivity index (χ4n) is 10.4. The Morgan fingerprint density at radius 3 is 2.57 bits per heavy atom. The summed E-state index contributed by atoms with van der Waals surface area (Å²) in [5, 5.41) is 33.9. The van der Waals surface area contributed by atoms with Crippen molar-refractivity contribution in [1.29, 1.82) is 0 Å². The molecule has 0 unspecified atom stereocenters. The lowest BCUT2D eigenvalue weighted by molar-refractivity contribution is -0.286. The van der Waals surface area contributed by atoms with E-state index in [-0.39, 0.29) is 67.2 Å². The van der Waals surface area contributed by atoms with Gasteiger partial charge in [-0.25, -0.2) is 14.8 Å². The second kappa shape index (κ2) is 24.5. The normalized spacial score (nSPS) is 36.1. The number of oxazole rings is 2. The molecule has 0 radical (unpaired) electrons. The minimum atomic E-state index is -1.73. The summed E-state index contributed by atoms with van der Waals surface area (Å²) >= 11 is 3.28. The maximum Gasteiger partial charge on any atom is 0.330 e. The zero-order valence-corrected chi connectivity index (χ0v) is 42.3. The minimum absolute atomic E-state index is 0.0830. The molecule has 378 valence electrons. The van der Waals surface area contributed by atoms with Gasteiger partial charge in [0, 0.05) is 57.8 Å². The summed E-state index contributed by atoms with van der Waals surface area (Å²) in [6.07, 6.45) is 19.5. The molecule has 0 aliphatic carbocycles. The number of ether oxygens (including phenoxy) is 7. The Morgan fingerprint density at radius 2 is 1.78 bits per heavy atom. The summed E-state index contributed by atoms with van der Waals surface area (Å²) in [6, 6.07) is 0. The molecular weight excluding hydrogens is 952 g/mol. The lowest BCUT2D eigenvalue weighted by Crippen LogP contribution is -2.51. The van der Waals surface area contributed by atoms with Crippen LogP contribution in [-0.2, 0) is 44.4 Å². The summed E-state index contributed by atoms with van der Waals surface area (Å²) in [6.45, 7) is 12.2. The number of aromatic nitrogens is 2. The zero-order chi connectivity index (χ0) is 49.2. The summed E-state index contributed by atoms with van der Waals surface area (Å²) in [4.78, 5) is 24.8. The SMILES string of the molecule is C=C1C[C@@H]2C[C@@H]3C[C@H](O)C[C@@H](O3)c3coc(n3)/C=C/C[C@H]3O[C@@H](/C(C)=C/c4coc(C[C@]5(O)C[C@H](OC)C[C@H]([C@H](O)/C=C(C)/C=C/[C@@H](C/C=C/Br)OC)O5)n4)[C@H](C)[C@@H](OC(=O)/C=C\C[C@@H](C1)O2)[C@H]3C. The van der Waals surface area contributed by atoms with E-state index < -0.39 is 48.4 Å². The average Bonchev–Trinajstić information content (AvgIpc) is 3.96. The van der Waals surface area contributed by atoms with E-state index in [1.54, 1.807) is 37.6 Å². The molecule has 4 fully saturated rings. The lowest BCUT2D eigenvalue weighted by Gasteiger charge is -2.44. The number of allylic oxidation sites excluding steroid dienone is 2. The molecule has 69 heavy (non-hydrogen) atoms. The van der Waals surface area contributed by atoms with Crippen LogP contribution in [0.4, 0.5) is 0 Å². The second-order valence-corrected chi connectivity index (χ2v) is 20.0. The number of methoxy groups -OCH3 is 2. The number of rotatable bonds is 12. The van der Waals surface area contributed by atoms with Crippen molar-refractivity contribution in [3.05, 3.63) is 107 Å². The fraction of sp³-hybridized carbons (Fsp3) is 0.604. The Hall–Kier alpha value is -3.81. The van der Waals surface area contributed by atoms with Crippen LogP contribution in [0, 0.1) is 11.8 Å². The van der Waals surface area contributed by atoms with Crippen molar-refractivity contribution in [3.63, 3.8) is 0 Å². The van der Waals surface area contributed by atoms with Crippen molar-refractivity contribution in [2.24, 2.45) is 11.8 Å². The van der Waals surface area contributed by atoms with E-state index in [1.807, 2.05) is 64.2 Å². The van der Waals surface area contributed by atoms with E-state index in [2.05, 4.69) is 22.5 Å². The third-order valence-electron chi connectivity index (χ3n) is 13.9. The van der Waals surface area contributed by atoms with Crippen LogP contribution in [-0.4, -0.2) is 118 Å². The van der Waals surface area contributed by atoms with Crippen LogP contribution in [0.3, 0.4) is 0 Å². The van der Waals surface area contributed by atoms with Crippen molar-refractivity contribution in [3.8, 4) is 0 Å². The highest BCUT2D eigenvalue weighted by molar-refractivity contribution is 9.11. The molecule has 7 rings (SSSR count). The summed E-state index contributed by atoms with van der Waals surface area (Å²) in [5.74, 6) is -1.95. The van der Waals surface area contributed by atoms with Crippen LogP contribution in [0.25, 0.3) is 12.2 Å². The smallest absolute Gasteiger partial charge is 0.330 e. The Balaban J connectivity index is 1.06. The van der Waals surface area contributed by atoms with Crippen LogP contribution in [0.5, 0.6) is 0 Å². The second-order valence-electron chi connectivity index (χ2n) is 19.5. The molecular formula is C53H71BrN2O13. The molecule has 2 aromatic heterocycles. The third kappa shape index (κ3) is 14.6. The third-order valence-corrected chi connectivity index (χ3v) is 14.2. The highest BCUT2D eigenvalue weighted by Gasteiger charge is 2.45. The predicted octanol–water partition coefficient (Wildman–Crippen LogP) is 8.76. The van der Waals surface area contributed by atoms with Gasteiger partial charge < -0.3 is 57.3 Å². The summed E-state index contributed by atoms with van der Waals surface area (Å²) in [7, 11) is 3.22. The van der Waals surface area contributed by atoms with Crippen LogP contribution in [0.2, 0.25) is 0 Å². The lowest BCUT2D eigenvalue weighted by atomic mass is 9.79. The van der Waals surface area contributed by atoms with Gasteiger partial charge in [-0.1, -0.05) is 84.0 Å². The molecule has 0 spiro atoms. The number of aliphatic hydroxyl groups excluding tert-OH is 2. The Morgan fingerprint density at radius 1 is 0.986 bits per heavy atom. The molecule has 15 atom stereocenters. The number of halogens is 1. The molecule has 2 aromatic rings. The molecule has 8 bridgehead atoms. The van der Waals surface area contributed by atoms with Crippen molar-refractivity contribution >= 4 is 34.1 Å². The molecule has 7 heterocycles. The Kier molecular flexibility index (Phi) is 18.9. The number of aliphatic hydroxyl groups is 3. The van der Waals surface area contributed by atoms with Gasteiger partial charge in [-0.05, 0) is 75.1 Å².